The third kappa shape index (κ3) is 32.5. The van der Waals surface area contributed by atoms with Gasteiger partial charge in [-0.15, -0.1) is 0 Å². The molecule has 0 aromatic heterocycles. The second-order valence-corrected chi connectivity index (χ2v) is 14.2. The van der Waals surface area contributed by atoms with E-state index in [-0.39, 0.29) is 19.8 Å². The van der Waals surface area contributed by atoms with Gasteiger partial charge in [-0.2, -0.15) is 0 Å². The first-order valence-corrected chi connectivity index (χ1v) is 19.3. The monoisotopic (exact) mass is 826 g/mol. The topological polar surface area (TPSA) is 183 Å². The Balaban J connectivity index is 1.78. The molecule has 0 radical (unpaired) electrons. The van der Waals surface area contributed by atoms with E-state index < -0.39 is 23.4 Å². The summed E-state index contributed by atoms with van der Waals surface area (Å²) in [4.78, 5) is 25.9. The van der Waals surface area contributed by atoms with E-state index in [1.54, 1.807) is 59.7 Å². The van der Waals surface area contributed by atoms with Crippen molar-refractivity contribution in [1.29, 1.82) is 0 Å². The van der Waals surface area contributed by atoms with Gasteiger partial charge in [0.05, 0.1) is 139 Å². The van der Waals surface area contributed by atoms with Crippen LogP contribution in [-0.4, -0.2) is 174 Å². The summed E-state index contributed by atoms with van der Waals surface area (Å²) >= 11 is 5.94. The predicted molar refractivity (Wildman–Crippen MR) is 209 cm³/mol. The standard InChI is InChI=1S/C38H67ClN2O15/c1-37(2,3)55-35(42)41(36(43)56-38(4,5)6)7-8-44-9-10-45-11-12-46-13-14-47-15-16-48-17-18-49-19-20-50-21-22-51-23-24-52-25-26-53-27-28-54-34-30-32(39)29-33(40)31-34/h29-31H,7-28,40H2,1-6H3. The van der Waals surface area contributed by atoms with Crippen LogP contribution in [0.2, 0.25) is 5.02 Å². The van der Waals surface area contributed by atoms with Gasteiger partial charge in [-0.1, -0.05) is 11.6 Å². The molecule has 0 spiro atoms. The number of imide groups is 1. The highest BCUT2D eigenvalue weighted by atomic mass is 35.5. The maximum Gasteiger partial charge on any atom is 0.419 e. The molecule has 18 heteroatoms. The molecule has 0 bridgehead atoms. The van der Waals surface area contributed by atoms with Gasteiger partial charge in [-0.05, 0) is 53.7 Å². The molecule has 17 nitrogen and oxygen atoms in total. The molecule has 0 heterocycles. The summed E-state index contributed by atoms with van der Waals surface area (Å²) in [7, 11) is 0. The van der Waals surface area contributed by atoms with Gasteiger partial charge in [0.1, 0.15) is 23.6 Å². The largest absolute Gasteiger partial charge is 0.491 e. The predicted octanol–water partition coefficient (Wildman–Crippen LogP) is 4.64. The molecule has 0 aliphatic rings. The van der Waals surface area contributed by atoms with Crippen molar-refractivity contribution in [1.82, 2.24) is 4.90 Å². The van der Waals surface area contributed by atoms with Crippen molar-refractivity contribution in [3.05, 3.63) is 23.2 Å². The van der Waals surface area contributed by atoms with Crippen molar-refractivity contribution in [2.45, 2.75) is 52.7 Å². The summed E-state index contributed by atoms with van der Waals surface area (Å²) in [6, 6.07) is 5.07. The molecule has 0 aliphatic heterocycles. The number of amides is 2. The molecule has 0 saturated carbocycles. The highest BCUT2D eigenvalue weighted by Crippen LogP contribution is 2.22. The van der Waals surface area contributed by atoms with E-state index in [2.05, 4.69) is 0 Å². The minimum Gasteiger partial charge on any atom is -0.491 e. The van der Waals surface area contributed by atoms with Crippen LogP contribution in [0, 0.1) is 0 Å². The number of hydrogen-bond donors (Lipinski definition) is 1. The number of nitrogen functional groups attached to an aromatic ring is 1. The van der Waals surface area contributed by atoms with E-state index in [1.165, 1.54) is 0 Å². The third-order valence-electron chi connectivity index (χ3n) is 6.43. The molecule has 0 unspecified atom stereocenters. The quantitative estimate of drug-likeness (QED) is 0.0749. The molecule has 0 fully saturated rings. The number of nitrogens with two attached hydrogens (primary N) is 1. The van der Waals surface area contributed by atoms with Gasteiger partial charge < -0.3 is 67.3 Å². The Labute approximate surface area is 337 Å². The highest BCUT2D eigenvalue weighted by Gasteiger charge is 2.30. The van der Waals surface area contributed by atoms with Crippen LogP contribution >= 0.6 is 11.6 Å². The molecule has 2 amide bonds. The van der Waals surface area contributed by atoms with Crippen molar-refractivity contribution < 1.29 is 71.2 Å². The van der Waals surface area contributed by atoms with Crippen LogP contribution in [0.5, 0.6) is 5.75 Å². The first kappa shape index (κ1) is 51.5. The van der Waals surface area contributed by atoms with Crippen molar-refractivity contribution in [3.8, 4) is 5.75 Å². The first-order valence-electron chi connectivity index (χ1n) is 19.0. The molecule has 1 aromatic rings. The molecular weight excluding hydrogens is 760 g/mol. The Morgan fingerprint density at radius 3 is 1.05 bits per heavy atom. The van der Waals surface area contributed by atoms with E-state index >= 15 is 0 Å². The molecule has 0 saturated heterocycles. The summed E-state index contributed by atoms with van der Waals surface area (Å²) in [5.74, 6) is 0.611. The molecule has 56 heavy (non-hydrogen) atoms. The van der Waals surface area contributed by atoms with Crippen LogP contribution < -0.4 is 10.5 Å². The maximum atomic E-state index is 12.5. The number of halogens is 1. The van der Waals surface area contributed by atoms with E-state index in [0.29, 0.717) is 142 Å². The van der Waals surface area contributed by atoms with Gasteiger partial charge >= 0.3 is 12.2 Å². The number of carbonyl (C=O) groups is 2. The van der Waals surface area contributed by atoms with Crippen molar-refractivity contribution in [3.63, 3.8) is 0 Å². The van der Waals surface area contributed by atoms with Crippen LogP contribution in [0.4, 0.5) is 15.3 Å². The van der Waals surface area contributed by atoms with Gasteiger partial charge in [0, 0.05) is 16.8 Å². The van der Waals surface area contributed by atoms with Crippen molar-refractivity contribution in [2.75, 3.05) is 151 Å². The Hall–Kier alpha value is -2.55. The van der Waals surface area contributed by atoms with Gasteiger partial charge in [-0.25, -0.2) is 14.5 Å². The zero-order valence-electron chi connectivity index (χ0n) is 34.3. The molecule has 2 N–H and O–H groups in total. The normalized spacial score (nSPS) is 11.8. The number of ether oxygens (including phenoxy) is 13. The van der Waals surface area contributed by atoms with Crippen LogP contribution in [0.3, 0.4) is 0 Å². The van der Waals surface area contributed by atoms with Crippen molar-refractivity contribution >= 4 is 29.5 Å². The molecular formula is C38H67ClN2O15. The minimum atomic E-state index is -0.789. The fourth-order valence-corrected chi connectivity index (χ4v) is 4.25. The average molecular weight is 827 g/mol. The zero-order chi connectivity index (χ0) is 41.3. The van der Waals surface area contributed by atoms with E-state index in [1.807, 2.05) is 0 Å². The second-order valence-electron chi connectivity index (χ2n) is 13.8. The van der Waals surface area contributed by atoms with Gasteiger partial charge in [0.2, 0.25) is 0 Å². The lowest BCUT2D eigenvalue weighted by Crippen LogP contribution is -2.45. The van der Waals surface area contributed by atoms with Gasteiger partial charge in [-0.3, -0.25) is 0 Å². The summed E-state index contributed by atoms with van der Waals surface area (Å²) in [5, 5.41) is 0.530. The Kier molecular flexibility index (Phi) is 29.8. The highest BCUT2D eigenvalue weighted by molar-refractivity contribution is 6.31. The van der Waals surface area contributed by atoms with E-state index in [4.69, 9.17) is 78.9 Å². The molecule has 1 aromatic carbocycles. The van der Waals surface area contributed by atoms with Crippen molar-refractivity contribution in [2.24, 2.45) is 0 Å². The number of anilines is 1. The van der Waals surface area contributed by atoms with Crippen LogP contribution in [0.1, 0.15) is 41.5 Å². The van der Waals surface area contributed by atoms with Crippen LogP contribution in [0.25, 0.3) is 0 Å². The number of rotatable bonds is 34. The van der Waals surface area contributed by atoms with Gasteiger partial charge in [0.25, 0.3) is 0 Å². The zero-order valence-corrected chi connectivity index (χ0v) is 35.1. The van der Waals surface area contributed by atoms with E-state index in [9.17, 15) is 9.59 Å². The number of carbonyl (C=O) groups excluding carboxylic acids is 2. The number of benzene rings is 1. The fraction of sp³-hybridized carbons (Fsp3) is 0.789. The van der Waals surface area contributed by atoms with E-state index in [0.717, 1.165) is 4.90 Å². The second kappa shape index (κ2) is 32.4. The lowest BCUT2D eigenvalue weighted by molar-refractivity contribution is -0.0274. The molecule has 0 aliphatic carbocycles. The van der Waals surface area contributed by atoms with Crippen LogP contribution in [-0.2, 0) is 56.8 Å². The Morgan fingerprint density at radius 1 is 0.482 bits per heavy atom. The number of nitrogens with zero attached hydrogens (tertiary/aromatic N) is 1. The Bertz CT molecular complexity index is 1090. The summed E-state index contributed by atoms with van der Waals surface area (Å²) in [6.07, 6.45) is -1.58. The van der Waals surface area contributed by atoms with Gasteiger partial charge in [0.15, 0.2) is 0 Å². The first-order chi connectivity index (χ1) is 26.8. The fourth-order valence-electron chi connectivity index (χ4n) is 4.01. The summed E-state index contributed by atoms with van der Waals surface area (Å²) < 4.78 is 71.1. The maximum absolute atomic E-state index is 12.5. The lowest BCUT2D eigenvalue weighted by atomic mass is 10.2. The molecule has 1 rings (SSSR count). The SMILES string of the molecule is CC(C)(C)OC(=O)N(CCOCCOCCOCCOCCOCCOCCOCCOCCOCCOCCOc1cc(N)cc(Cl)c1)C(=O)OC(C)(C)C. The molecule has 326 valence electrons. The summed E-state index contributed by atoms with van der Waals surface area (Å²) in [6.45, 7) is 19.2. The lowest BCUT2D eigenvalue weighted by Gasteiger charge is -2.28. The average Bonchev–Trinajstić information content (AvgIpc) is 3.09. The smallest absolute Gasteiger partial charge is 0.419 e. The Morgan fingerprint density at radius 2 is 0.768 bits per heavy atom. The number of hydrogen-bond acceptors (Lipinski definition) is 16. The molecule has 0 atom stereocenters. The minimum absolute atomic E-state index is 0.0144. The third-order valence-corrected chi connectivity index (χ3v) is 6.64. The van der Waals surface area contributed by atoms with Crippen LogP contribution in [0.15, 0.2) is 18.2 Å². The summed E-state index contributed by atoms with van der Waals surface area (Å²) in [5.41, 5.74) is 4.77.